The Hall–Kier alpha value is -2.02. The number of aryl methyl sites for hydroxylation is 1. The molecule has 7 heteroatoms. The number of anilines is 1. The number of hydrogen-bond acceptors (Lipinski definition) is 4. The van der Waals surface area contributed by atoms with Crippen LogP contribution < -0.4 is 4.90 Å². The molecule has 2 unspecified atom stereocenters. The zero-order valence-corrected chi connectivity index (χ0v) is 15.0. The lowest BCUT2D eigenvalue weighted by Crippen LogP contribution is -2.25. The van der Waals surface area contributed by atoms with Gasteiger partial charge in [0.1, 0.15) is 22.6 Å². The van der Waals surface area contributed by atoms with Crippen molar-refractivity contribution in [2.24, 2.45) is 13.0 Å². The third-order valence-corrected chi connectivity index (χ3v) is 5.16. The minimum atomic E-state index is -0.169. The van der Waals surface area contributed by atoms with Gasteiger partial charge in [-0.05, 0) is 34.3 Å². The van der Waals surface area contributed by atoms with Crippen molar-refractivity contribution in [2.75, 3.05) is 11.4 Å². The van der Waals surface area contributed by atoms with Crippen molar-refractivity contribution >= 4 is 32.8 Å². The van der Waals surface area contributed by atoms with E-state index in [9.17, 15) is 4.39 Å². The Kier molecular flexibility index (Phi) is 3.75. The van der Waals surface area contributed by atoms with Crippen molar-refractivity contribution in [2.45, 2.75) is 19.4 Å². The van der Waals surface area contributed by atoms with Gasteiger partial charge in [0.15, 0.2) is 5.65 Å². The summed E-state index contributed by atoms with van der Waals surface area (Å²) in [6.45, 7) is 3.01. The van der Waals surface area contributed by atoms with Crippen LogP contribution in [-0.2, 0) is 7.05 Å². The van der Waals surface area contributed by atoms with Crippen LogP contribution in [0.5, 0.6) is 0 Å². The average Bonchev–Trinajstić information content (AvgIpc) is 3.08. The highest BCUT2D eigenvalue weighted by molar-refractivity contribution is 9.10. The topological polar surface area (TPSA) is 46.8 Å². The van der Waals surface area contributed by atoms with Gasteiger partial charge in [-0.3, -0.25) is 0 Å². The van der Waals surface area contributed by atoms with Crippen LogP contribution in [0.1, 0.15) is 24.9 Å². The first kappa shape index (κ1) is 15.5. The van der Waals surface area contributed by atoms with E-state index in [1.165, 1.54) is 6.07 Å². The smallest absolute Gasteiger partial charge is 0.164 e. The van der Waals surface area contributed by atoms with Gasteiger partial charge in [0, 0.05) is 19.2 Å². The monoisotopic (exact) mass is 389 g/mol. The van der Waals surface area contributed by atoms with Crippen LogP contribution in [0.15, 0.2) is 35.2 Å². The first-order chi connectivity index (χ1) is 11.6. The van der Waals surface area contributed by atoms with Crippen molar-refractivity contribution in [3.63, 3.8) is 0 Å². The molecule has 2 aromatic heterocycles. The molecule has 124 valence electrons. The molecule has 3 aromatic rings. The van der Waals surface area contributed by atoms with Gasteiger partial charge in [-0.15, -0.1) is 0 Å². The third kappa shape index (κ3) is 2.38. The second-order valence-corrected chi connectivity index (χ2v) is 7.09. The van der Waals surface area contributed by atoms with Crippen molar-refractivity contribution in [1.82, 2.24) is 19.7 Å². The third-order valence-electron chi connectivity index (χ3n) is 4.60. The fourth-order valence-electron chi connectivity index (χ4n) is 3.56. The van der Waals surface area contributed by atoms with Gasteiger partial charge in [-0.1, -0.05) is 25.1 Å². The number of nitrogens with zero attached hydrogens (tertiary/aromatic N) is 5. The molecule has 0 aliphatic carbocycles. The molecule has 1 aromatic carbocycles. The molecule has 2 atom stereocenters. The number of benzene rings is 1. The maximum Gasteiger partial charge on any atom is 0.164 e. The van der Waals surface area contributed by atoms with E-state index in [0.717, 1.165) is 29.8 Å². The highest BCUT2D eigenvalue weighted by Gasteiger charge is 2.35. The van der Waals surface area contributed by atoms with Gasteiger partial charge >= 0.3 is 0 Å². The molecule has 5 nitrogen and oxygen atoms in total. The summed E-state index contributed by atoms with van der Waals surface area (Å²) >= 11 is 3.51. The van der Waals surface area contributed by atoms with E-state index in [-0.39, 0.29) is 11.9 Å². The lowest BCUT2D eigenvalue weighted by Gasteiger charge is -2.26. The van der Waals surface area contributed by atoms with E-state index < -0.39 is 0 Å². The molecule has 3 heterocycles. The standard InChI is InChI=1S/C17H17BrFN5/c1-10-7-13(11-5-3-4-6-12(11)19)24(8-10)17-14-15(18)22-23(2)16(14)20-9-21-17/h3-6,9-10,13H,7-8H2,1-2H3. The van der Waals surface area contributed by atoms with Crippen LogP contribution in [0, 0.1) is 11.7 Å². The van der Waals surface area contributed by atoms with E-state index in [2.05, 4.69) is 42.8 Å². The van der Waals surface area contributed by atoms with Crippen LogP contribution in [0.3, 0.4) is 0 Å². The molecule has 0 amide bonds. The summed E-state index contributed by atoms with van der Waals surface area (Å²) in [5.74, 6) is 1.09. The van der Waals surface area contributed by atoms with Gasteiger partial charge in [0.25, 0.3) is 0 Å². The molecule has 0 bridgehead atoms. The Labute approximate surface area is 147 Å². The summed E-state index contributed by atoms with van der Waals surface area (Å²) in [4.78, 5) is 11.0. The quantitative estimate of drug-likeness (QED) is 0.667. The molecule has 1 fully saturated rings. The van der Waals surface area contributed by atoms with E-state index in [1.54, 1.807) is 17.1 Å². The lowest BCUT2D eigenvalue weighted by atomic mass is 10.0. The summed E-state index contributed by atoms with van der Waals surface area (Å²) in [5.41, 5.74) is 1.48. The normalized spacial score (nSPS) is 20.9. The summed E-state index contributed by atoms with van der Waals surface area (Å²) < 4.78 is 16.8. The van der Waals surface area contributed by atoms with Crippen molar-refractivity contribution < 1.29 is 4.39 Å². The molecule has 1 aliphatic rings. The molecule has 0 radical (unpaired) electrons. The second-order valence-electron chi connectivity index (χ2n) is 6.34. The molecular weight excluding hydrogens is 373 g/mol. The first-order valence-electron chi connectivity index (χ1n) is 7.90. The van der Waals surface area contributed by atoms with Crippen molar-refractivity contribution in [3.05, 3.63) is 46.6 Å². The number of aromatic nitrogens is 4. The lowest BCUT2D eigenvalue weighted by molar-refractivity contribution is 0.563. The molecule has 0 N–H and O–H groups in total. The highest BCUT2D eigenvalue weighted by atomic mass is 79.9. The molecule has 0 saturated carbocycles. The zero-order chi connectivity index (χ0) is 16.8. The van der Waals surface area contributed by atoms with Crippen molar-refractivity contribution in [1.29, 1.82) is 0 Å². The summed E-state index contributed by atoms with van der Waals surface area (Å²) in [6.07, 6.45) is 2.44. The van der Waals surface area contributed by atoms with Crippen LogP contribution >= 0.6 is 15.9 Å². The first-order valence-corrected chi connectivity index (χ1v) is 8.70. The molecule has 0 spiro atoms. The van der Waals surface area contributed by atoms with Gasteiger partial charge < -0.3 is 4.90 Å². The SMILES string of the molecule is CC1CC(c2ccccc2F)N(c2ncnc3c2c(Br)nn3C)C1. The average molecular weight is 390 g/mol. The van der Waals surface area contributed by atoms with Gasteiger partial charge in [0.2, 0.25) is 0 Å². The van der Waals surface area contributed by atoms with E-state index in [4.69, 9.17) is 0 Å². The predicted octanol–water partition coefficient (Wildman–Crippen LogP) is 3.85. The molecule has 1 saturated heterocycles. The van der Waals surface area contributed by atoms with E-state index in [1.807, 2.05) is 19.2 Å². The number of fused-ring (bicyclic) bond motifs is 1. The molecule has 24 heavy (non-hydrogen) atoms. The van der Waals surface area contributed by atoms with E-state index in [0.29, 0.717) is 16.1 Å². The maximum atomic E-state index is 14.4. The second kappa shape index (κ2) is 5.81. The van der Waals surface area contributed by atoms with Crippen LogP contribution in [0.2, 0.25) is 0 Å². The van der Waals surface area contributed by atoms with Crippen LogP contribution in [0.25, 0.3) is 11.0 Å². The fraction of sp³-hybridized carbons (Fsp3) is 0.353. The Bertz CT molecular complexity index is 909. The van der Waals surface area contributed by atoms with Crippen molar-refractivity contribution in [3.8, 4) is 0 Å². The molecular formula is C17H17BrFN5. The number of hydrogen-bond donors (Lipinski definition) is 0. The Balaban J connectivity index is 1.87. The minimum absolute atomic E-state index is 0.0357. The summed E-state index contributed by atoms with van der Waals surface area (Å²) in [5, 5.41) is 5.26. The maximum absolute atomic E-state index is 14.4. The summed E-state index contributed by atoms with van der Waals surface area (Å²) in [7, 11) is 1.85. The van der Waals surface area contributed by atoms with Gasteiger partial charge in [-0.2, -0.15) is 5.10 Å². The Morgan fingerprint density at radius 1 is 1.25 bits per heavy atom. The highest BCUT2D eigenvalue weighted by Crippen LogP contribution is 2.42. The Morgan fingerprint density at radius 2 is 2.04 bits per heavy atom. The molecule has 4 rings (SSSR count). The fourth-order valence-corrected chi connectivity index (χ4v) is 4.16. The number of rotatable bonds is 2. The zero-order valence-electron chi connectivity index (χ0n) is 13.4. The minimum Gasteiger partial charge on any atom is -0.348 e. The number of halogens is 2. The van der Waals surface area contributed by atoms with E-state index >= 15 is 0 Å². The van der Waals surface area contributed by atoms with Crippen LogP contribution in [0.4, 0.5) is 10.2 Å². The molecule has 1 aliphatic heterocycles. The summed E-state index contributed by atoms with van der Waals surface area (Å²) in [6, 6.07) is 6.96. The Morgan fingerprint density at radius 3 is 2.83 bits per heavy atom. The van der Waals surface area contributed by atoms with Gasteiger partial charge in [-0.25, -0.2) is 19.0 Å². The predicted molar refractivity (Wildman–Crippen MR) is 94.3 cm³/mol. The van der Waals surface area contributed by atoms with Crippen LogP contribution in [-0.4, -0.2) is 26.3 Å². The largest absolute Gasteiger partial charge is 0.348 e. The van der Waals surface area contributed by atoms with Gasteiger partial charge in [0.05, 0.1) is 11.4 Å².